The van der Waals surface area contributed by atoms with E-state index >= 15 is 0 Å². The number of aromatic nitrogens is 3. The summed E-state index contributed by atoms with van der Waals surface area (Å²) in [6.07, 6.45) is 1.38. The van der Waals surface area contributed by atoms with E-state index < -0.39 is 0 Å². The van der Waals surface area contributed by atoms with Crippen LogP contribution in [0.15, 0.2) is 79.9 Å². The fourth-order valence-corrected chi connectivity index (χ4v) is 5.35. The van der Waals surface area contributed by atoms with Crippen molar-refractivity contribution in [1.82, 2.24) is 15.6 Å². The van der Waals surface area contributed by atoms with Crippen LogP contribution in [0.1, 0.15) is 5.56 Å². The lowest BCUT2D eigenvalue weighted by Crippen LogP contribution is -2.34. The number of H-pyrrole nitrogens is 1. The molecule has 0 aliphatic rings. The van der Waals surface area contributed by atoms with E-state index in [0.717, 1.165) is 33.0 Å². The van der Waals surface area contributed by atoms with E-state index in [-0.39, 0.29) is 17.4 Å². The monoisotopic (exact) mass is 646 g/mol. The van der Waals surface area contributed by atoms with Crippen LogP contribution in [0.3, 0.4) is 0 Å². The number of phenols is 1. The van der Waals surface area contributed by atoms with E-state index in [9.17, 15) is 9.90 Å². The summed E-state index contributed by atoms with van der Waals surface area (Å²) in [5, 5.41) is 22.2. The number of thioether (sulfide) groups is 1. The molecule has 1 heterocycles. The first-order valence-electron chi connectivity index (χ1n) is 10.8. The number of amides is 1. The maximum absolute atomic E-state index is 12.5. The maximum Gasteiger partial charge on any atom is 0.342 e. The largest absolute Gasteiger partial charge is 0.506 e. The number of carbonyl (C=O) groups is 1. The highest BCUT2D eigenvalue weighted by molar-refractivity contribution is 9.11. The molecule has 190 valence electrons. The number of aromatic amines is 1. The molecule has 0 aliphatic carbocycles. The third-order valence-corrected chi connectivity index (χ3v) is 7.15. The average molecular weight is 648 g/mol. The summed E-state index contributed by atoms with van der Waals surface area (Å²) in [7, 11) is 3.23. The van der Waals surface area contributed by atoms with Gasteiger partial charge in [-0.25, -0.2) is 5.43 Å². The molecule has 4 aromatic rings. The summed E-state index contributed by atoms with van der Waals surface area (Å²) in [6.45, 7) is 0. The summed E-state index contributed by atoms with van der Waals surface area (Å²) >= 11 is 7.88. The Bertz CT molecular complexity index is 1430. The molecule has 0 spiro atoms. The molecule has 37 heavy (non-hydrogen) atoms. The minimum absolute atomic E-state index is 0.0266. The highest BCUT2D eigenvalue weighted by Crippen LogP contribution is 2.30. The molecule has 4 rings (SSSR count). The number of methoxy groups -OCH3 is 2. The predicted molar refractivity (Wildman–Crippen MR) is 149 cm³/mol. The van der Waals surface area contributed by atoms with Gasteiger partial charge in [0.15, 0.2) is 0 Å². The van der Waals surface area contributed by atoms with E-state index in [2.05, 4.69) is 52.6 Å². The zero-order valence-corrected chi connectivity index (χ0v) is 23.7. The first kappa shape index (κ1) is 26.7. The van der Waals surface area contributed by atoms with Crippen molar-refractivity contribution >= 4 is 55.7 Å². The van der Waals surface area contributed by atoms with Gasteiger partial charge >= 0.3 is 5.16 Å². The van der Waals surface area contributed by atoms with Crippen LogP contribution in [-0.2, 0) is 4.79 Å². The number of carbonyl (C=O) groups excluding carboxylic acids is 1. The number of benzene rings is 3. The summed E-state index contributed by atoms with van der Waals surface area (Å²) in [6, 6.07) is 18.5. The Morgan fingerprint density at radius 2 is 1.76 bits per heavy atom. The van der Waals surface area contributed by atoms with Gasteiger partial charge in [0.25, 0.3) is 11.7 Å². The van der Waals surface area contributed by atoms with Gasteiger partial charge in [0.1, 0.15) is 22.9 Å². The minimum Gasteiger partial charge on any atom is -0.506 e. The second kappa shape index (κ2) is 12.3. The van der Waals surface area contributed by atoms with Gasteiger partial charge in [0, 0.05) is 10.0 Å². The van der Waals surface area contributed by atoms with E-state index in [1.165, 1.54) is 18.0 Å². The molecule has 0 aliphatic heterocycles. The molecule has 0 saturated carbocycles. The highest BCUT2D eigenvalue weighted by Gasteiger charge is 2.24. The van der Waals surface area contributed by atoms with Gasteiger partial charge in [-0.1, -0.05) is 15.9 Å². The number of hydrazone groups is 1. The molecule has 0 bridgehead atoms. The number of hydrogen-bond acceptors (Lipinski definition) is 7. The molecule has 0 saturated heterocycles. The standard InChI is InChI=1S/C25H21Br2N5O4S/c1-35-19-7-3-15(4-8-19)24-30-31-25(32(24)18-5-9-20(36-2)10-6-18)37-14-22(33)29-28-13-16-11-17(26)12-21(27)23(16)34/h3-13H,14H2,1-2H3,(H2,28,29,33,34)/p+1. The molecule has 3 N–H and O–H groups in total. The first-order valence-corrected chi connectivity index (χ1v) is 13.4. The second-order valence-electron chi connectivity index (χ2n) is 7.52. The smallest absolute Gasteiger partial charge is 0.342 e. The SMILES string of the molecule is COc1ccc(-c2[nH]nc(SCC(=O)NN=Cc3cc(Br)cc(Br)c3O)[n+]2-c2ccc(OC)cc2)cc1. The quantitative estimate of drug-likeness (QED) is 0.104. The van der Waals surface area contributed by atoms with E-state index in [4.69, 9.17) is 9.47 Å². The summed E-state index contributed by atoms with van der Waals surface area (Å²) in [5.41, 5.74) is 4.67. The van der Waals surface area contributed by atoms with Crippen molar-refractivity contribution < 1.29 is 23.9 Å². The molecule has 12 heteroatoms. The Morgan fingerprint density at radius 1 is 1.11 bits per heavy atom. The van der Waals surface area contributed by atoms with Crippen molar-refractivity contribution in [3.8, 4) is 34.3 Å². The maximum atomic E-state index is 12.5. The molecular weight excluding hydrogens is 626 g/mol. The van der Waals surface area contributed by atoms with Crippen molar-refractivity contribution in [1.29, 1.82) is 0 Å². The van der Waals surface area contributed by atoms with E-state index in [0.29, 0.717) is 15.2 Å². The van der Waals surface area contributed by atoms with Gasteiger partial charge in [0.2, 0.25) is 0 Å². The van der Waals surface area contributed by atoms with E-state index in [1.807, 2.05) is 53.1 Å². The number of aromatic hydroxyl groups is 1. The molecule has 9 nitrogen and oxygen atoms in total. The van der Waals surface area contributed by atoms with Gasteiger partial charge in [-0.2, -0.15) is 9.67 Å². The zero-order valence-electron chi connectivity index (χ0n) is 19.7. The molecule has 1 aromatic heterocycles. The Kier molecular flexibility index (Phi) is 8.85. The van der Waals surface area contributed by atoms with Crippen LogP contribution in [0.5, 0.6) is 17.2 Å². The number of ether oxygens (including phenoxy) is 2. The Morgan fingerprint density at radius 3 is 2.41 bits per heavy atom. The van der Waals surface area contributed by atoms with Crippen molar-refractivity contribution in [3.05, 3.63) is 75.2 Å². The van der Waals surface area contributed by atoms with Gasteiger partial charge in [0.05, 0.1) is 41.3 Å². The van der Waals surface area contributed by atoms with Crippen LogP contribution in [0, 0.1) is 0 Å². The Labute approximate surface area is 234 Å². The lowest BCUT2D eigenvalue weighted by Gasteiger charge is -2.06. The topological polar surface area (TPSA) is 113 Å². The number of rotatable bonds is 9. The lowest BCUT2D eigenvalue weighted by molar-refractivity contribution is -0.625. The molecule has 0 fully saturated rings. The summed E-state index contributed by atoms with van der Waals surface area (Å²) in [4.78, 5) is 12.5. The lowest BCUT2D eigenvalue weighted by atomic mass is 10.2. The number of nitrogens with zero attached hydrogens (tertiary/aromatic N) is 3. The number of phenolic OH excluding ortho intramolecular Hbond substituents is 1. The Hall–Kier alpha value is -3.35. The molecule has 0 radical (unpaired) electrons. The summed E-state index contributed by atoms with van der Waals surface area (Å²) in [5.74, 6) is 1.98. The van der Waals surface area contributed by atoms with Crippen molar-refractivity contribution in [2.24, 2.45) is 5.10 Å². The number of nitrogens with one attached hydrogen (secondary N) is 2. The zero-order chi connectivity index (χ0) is 26.4. The average Bonchev–Trinajstić information content (AvgIpc) is 3.34. The van der Waals surface area contributed by atoms with Gasteiger partial charge in [-0.05, 0) is 88.4 Å². The Balaban J connectivity index is 1.53. The van der Waals surface area contributed by atoms with Crippen LogP contribution in [0.4, 0.5) is 0 Å². The van der Waals surface area contributed by atoms with Crippen LogP contribution in [0.25, 0.3) is 17.1 Å². The number of halogens is 2. The predicted octanol–water partition coefficient (Wildman–Crippen LogP) is 4.84. The molecule has 0 atom stereocenters. The molecule has 0 unspecified atom stereocenters. The van der Waals surface area contributed by atoms with Gasteiger partial charge in [-0.3, -0.25) is 4.79 Å². The molecule has 3 aromatic carbocycles. The van der Waals surface area contributed by atoms with Crippen LogP contribution in [0.2, 0.25) is 0 Å². The molecular formula is C25H22Br2N5O4S+. The van der Waals surface area contributed by atoms with Crippen molar-refractivity contribution in [3.63, 3.8) is 0 Å². The fraction of sp³-hybridized carbons (Fsp3) is 0.120. The fourth-order valence-electron chi connectivity index (χ4n) is 3.33. The van der Waals surface area contributed by atoms with Gasteiger partial charge < -0.3 is 14.6 Å². The van der Waals surface area contributed by atoms with Crippen LogP contribution in [-0.4, -0.2) is 47.4 Å². The van der Waals surface area contributed by atoms with Crippen LogP contribution >= 0.6 is 43.6 Å². The third kappa shape index (κ3) is 6.51. The van der Waals surface area contributed by atoms with Crippen molar-refractivity contribution in [2.45, 2.75) is 5.16 Å². The van der Waals surface area contributed by atoms with Crippen molar-refractivity contribution in [2.75, 3.05) is 20.0 Å². The van der Waals surface area contributed by atoms with E-state index in [1.54, 1.807) is 26.4 Å². The molecule has 1 amide bonds. The first-order chi connectivity index (χ1) is 17.9. The number of hydrogen-bond donors (Lipinski definition) is 3. The van der Waals surface area contributed by atoms with Gasteiger partial charge in [-0.15, -0.1) is 5.10 Å². The highest BCUT2D eigenvalue weighted by atomic mass is 79.9. The van der Waals surface area contributed by atoms with Crippen LogP contribution < -0.4 is 19.5 Å². The third-order valence-electron chi connectivity index (χ3n) is 5.15. The normalized spacial score (nSPS) is 11.0. The second-order valence-corrected chi connectivity index (χ2v) is 10.2. The summed E-state index contributed by atoms with van der Waals surface area (Å²) < 4.78 is 13.8. The minimum atomic E-state index is -0.329.